The summed E-state index contributed by atoms with van der Waals surface area (Å²) in [6.07, 6.45) is 0.655. The average molecular weight is 236 g/mol. The number of nitrogens with zero attached hydrogens (tertiary/aromatic N) is 2. The lowest BCUT2D eigenvalue weighted by Gasteiger charge is -2.18. The molecule has 0 aliphatic carbocycles. The number of anilines is 1. The second-order valence-electron chi connectivity index (χ2n) is 4.31. The van der Waals surface area contributed by atoms with E-state index in [9.17, 15) is 9.59 Å². The zero-order chi connectivity index (χ0) is 12.6. The Labute approximate surface area is 99.3 Å². The van der Waals surface area contributed by atoms with Crippen LogP contribution in [0.3, 0.4) is 0 Å². The Balaban J connectivity index is 2.66. The third kappa shape index (κ3) is 1.92. The monoisotopic (exact) mass is 236 g/mol. The van der Waals surface area contributed by atoms with Crippen LogP contribution in [0.5, 0.6) is 0 Å². The molecule has 0 saturated carbocycles. The Bertz CT molecular complexity index is 519. The fourth-order valence-corrected chi connectivity index (χ4v) is 2.39. The van der Waals surface area contributed by atoms with E-state index in [0.29, 0.717) is 13.0 Å². The lowest BCUT2D eigenvalue weighted by molar-refractivity contribution is -0.136. The second kappa shape index (κ2) is 4.24. The van der Waals surface area contributed by atoms with E-state index in [0.717, 1.165) is 23.5 Å². The van der Waals surface area contributed by atoms with Crippen molar-refractivity contribution in [1.82, 2.24) is 4.57 Å². The summed E-state index contributed by atoms with van der Waals surface area (Å²) in [6.45, 7) is 3.34. The maximum atomic E-state index is 11.9. The summed E-state index contributed by atoms with van der Waals surface area (Å²) in [5.74, 6) is -0.0850. The van der Waals surface area contributed by atoms with Crippen molar-refractivity contribution in [2.45, 2.75) is 26.3 Å². The Morgan fingerprint density at radius 3 is 2.76 bits per heavy atom. The first-order chi connectivity index (χ1) is 8.04. The number of carbonyl (C=O) groups is 1. The first-order valence-corrected chi connectivity index (χ1v) is 5.73. The Kier molecular flexibility index (Phi) is 2.92. The van der Waals surface area contributed by atoms with Gasteiger partial charge in [0.1, 0.15) is 5.82 Å². The number of aryl methyl sites for hydroxylation is 1. The molecule has 1 N–H and O–H groups in total. The number of carboxylic acids is 1. The van der Waals surface area contributed by atoms with Gasteiger partial charge in [-0.3, -0.25) is 14.2 Å². The van der Waals surface area contributed by atoms with Gasteiger partial charge in [-0.15, -0.1) is 0 Å². The highest BCUT2D eigenvalue weighted by atomic mass is 16.4. The minimum Gasteiger partial charge on any atom is -0.481 e. The minimum absolute atomic E-state index is 0.0247. The van der Waals surface area contributed by atoms with E-state index in [4.69, 9.17) is 5.11 Å². The molecule has 5 nitrogen and oxygen atoms in total. The predicted molar refractivity (Wildman–Crippen MR) is 64.7 cm³/mol. The van der Waals surface area contributed by atoms with Gasteiger partial charge in [0, 0.05) is 31.8 Å². The van der Waals surface area contributed by atoms with Crippen LogP contribution >= 0.6 is 0 Å². The average Bonchev–Trinajstić information content (AvgIpc) is 2.64. The molecule has 92 valence electrons. The van der Waals surface area contributed by atoms with Crippen LogP contribution < -0.4 is 10.5 Å². The molecule has 2 rings (SSSR count). The molecule has 0 amide bonds. The number of likely N-dealkylation sites (N-methyl/N-ethyl adjacent to an activating group) is 1. The van der Waals surface area contributed by atoms with Crippen LogP contribution in [0.1, 0.15) is 18.1 Å². The van der Waals surface area contributed by atoms with Gasteiger partial charge in [0.2, 0.25) is 0 Å². The predicted octanol–water partition coefficient (Wildman–Crippen LogP) is 0.488. The highest BCUT2D eigenvalue weighted by Crippen LogP contribution is 2.26. The van der Waals surface area contributed by atoms with Crippen LogP contribution in [0.15, 0.2) is 10.9 Å². The van der Waals surface area contributed by atoms with E-state index < -0.39 is 5.97 Å². The first kappa shape index (κ1) is 11.7. The van der Waals surface area contributed by atoms with E-state index in [1.165, 1.54) is 0 Å². The zero-order valence-electron chi connectivity index (χ0n) is 10.1. The highest BCUT2D eigenvalue weighted by molar-refractivity contribution is 5.74. The lowest BCUT2D eigenvalue weighted by Crippen LogP contribution is -2.22. The van der Waals surface area contributed by atoms with Crippen LogP contribution in [0.25, 0.3) is 0 Å². The molecule has 0 aromatic carbocycles. The number of pyridine rings is 1. The number of carboxylic acid groups (broad SMARTS) is 1. The molecule has 1 aliphatic heterocycles. The molecule has 1 aromatic heterocycles. The molecular weight excluding hydrogens is 220 g/mol. The van der Waals surface area contributed by atoms with Gasteiger partial charge in [0.15, 0.2) is 0 Å². The van der Waals surface area contributed by atoms with Gasteiger partial charge < -0.3 is 10.0 Å². The molecule has 1 aliphatic rings. The van der Waals surface area contributed by atoms with Crippen molar-refractivity contribution >= 4 is 11.8 Å². The number of hydrogen-bond acceptors (Lipinski definition) is 3. The molecule has 1 aromatic rings. The van der Waals surface area contributed by atoms with E-state index in [2.05, 4.69) is 0 Å². The summed E-state index contributed by atoms with van der Waals surface area (Å²) in [4.78, 5) is 24.7. The standard InChI is InChI=1S/C12H16N2O3/c1-3-8-6-10(15)14-5-4-13(2)12(14)9(8)7-11(16)17/h6H,3-5,7H2,1-2H3,(H,16,17). The van der Waals surface area contributed by atoms with Crippen LogP contribution in [0.2, 0.25) is 0 Å². The van der Waals surface area contributed by atoms with Gasteiger partial charge in [-0.05, 0) is 12.0 Å². The van der Waals surface area contributed by atoms with Crippen molar-refractivity contribution in [2.75, 3.05) is 18.5 Å². The summed E-state index contributed by atoms with van der Waals surface area (Å²) < 4.78 is 1.66. The fraction of sp³-hybridized carbons (Fsp3) is 0.500. The summed E-state index contributed by atoms with van der Waals surface area (Å²) in [5, 5.41) is 8.97. The molecule has 0 atom stereocenters. The second-order valence-corrected chi connectivity index (χ2v) is 4.31. The number of aliphatic carboxylic acids is 1. The van der Waals surface area contributed by atoms with Crippen LogP contribution in [-0.4, -0.2) is 29.2 Å². The summed E-state index contributed by atoms with van der Waals surface area (Å²) >= 11 is 0. The Morgan fingerprint density at radius 1 is 1.47 bits per heavy atom. The van der Waals surface area contributed by atoms with Gasteiger partial charge >= 0.3 is 5.97 Å². The SMILES string of the molecule is CCc1cc(=O)n2c(c1CC(=O)O)N(C)CC2. The van der Waals surface area contributed by atoms with Crippen molar-refractivity contribution in [3.8, 4) is 0 Å². The molecule has 17 heavy (non-hydrogen) atoms. The van der Waals surface area contributed by atoms with E-state index in [1.807, 2.05) is 18.9 Å². The number of hydrogen-bond donors (Lipinski definition) is 1. The first-order valence-electron chi connectivity index (χ1n) is 5.73. The zero-order valence-corrected chi connectivity index (χ0v) is 10.1. The van der Waals surface area contributed by atoms with E-state index in [-0.39, 0.29) is 12.0 Å². The summed E-state index contributed by atoms with van der Waals surface area (Å²) in [6, 6.07) is 1.57. The molecule has 0 saturated heterocycles. The number of fused-ring (bicyclic) bond motifs is 1. The topological polar surface area (TPSA) is 62.5 Å². The van der Waals surface area contributed by atoms with Crippen molar-refractivity contribution in [1.29, 1.82) is 0 Å². The lowest BCUT2D eigenvalue weighted by atomic mass is 10.0. The van der Waals surface area contributed by atoms with Crippen LogP contribution in [0.4, 0.5) is 5.82 Å². The third-order valence-corrected chi connectivity index (χ3v) is 3.21. The number of rotatable bonds is 3. The highest BCUT2D eigenvalue weighted by Gasteiger charge is 2.24. The van der Waals surface area contributed by atoms with E-state index in [1.54, 1.807) is 10.6 Å². The van der Waals surface area contributed by atoms with Gasteiger partial charge in [0.25, 0.3) is 5.56 Å². The van der Waals surface area contributed by atoms with Gasteiger partial charge in [0.05, 0.1) is 6.42 Å². The quantitative estimate of drug-likeness (QED) is 0.829. The number of aromatic nitrogens is 1. The van der Waals surface area contributed by atoms with Crippen LogP contribution in [-0.2, 0) is 24.2 Å². The molecule has 0 spiro atoms. The maximum absolute atomic E-state index is 11.9. The normalized spacial score (nSPS) is 13.9. The summed E-state index contributed by atoms with van der Waals surface area (Å²) in [7, 11) is 1.89. The Morgan fingerprint density at radius 2 is 2.18 bits per heavy atom. The van der Waals surface area contributed by atoms with Gasteiger partial charge in [-0.1, -0.05) is 6.92 Å². The van der Waals surface area contributed by atoms with E-state index >= 15 is 0 Å². The molecule has 2 heterocycles. The fourth-order valence-electron chi connectivity index (χ4n) is 2.39. The van der Waals surface area contributed by atoms with Crippen molar-refractivity contribution in [2.24, 2.45) is 0 Å². The molecule has 0 bridgehead atoms. The molecule has 0 unspecified atom stereocenters. The smallest absolute Gasteiger partial charge is 0.307 e. The summed E-state index contributed by atoms with van der Waals surface area (Å²) in [5.41, 5.74) is 1.59. The largest absolute Gasteiger partial charge is 0.481 e. The van der Waals surface area contributed by atoms with Gasteiger partial charge in [-0.2, -0.15) is 0 Å². The molecule has 0 fully saturated rings. The van der Waals surface area contributed by atoms with Crippen molar-refractivity contribution < 1.29 is 9.90 Å². The molecular formula is C12H16N2O3. The third-order valence-electron chi connectivity index (χ3n) is 3.21. The van der Waals surface area contributed by atoms with Crippen LogP contribution in [0, 0.1) is 0 Å². The Hall–Kier alpha value is -1.78. The maximum Gasteiger partial charge on any atom is 0.307 e. The van der Waals surface area contributed by atoms with Gasteiger partial charge in [-0.25, -0.2) is 0 Å². The molecule has 0 radical (unpaired) electrons. The van der Waals surface area contributed by atoms with Crippen molar-refractivity contribution in [3.63, 3.8) is 0 Å². The molecule has 5 heteroatoms. The van der Waals surface area contributed by atoms with Crippen molar-refractivity contribution in [3.05, 3.63) is 27.5 Å². The minimum atomic E-state index is -0.860.